The van der Waals surface area contributed by atoms with Crippen molar-refractivity contribution in [3.63, 3.8) is 0 Å². The molecule has 2 atom stereocenters. The van der Waals surface area contributed by atoms with E-state index in [1.807, 2.05) is 34.6 Å². The first-order chi connectivity index (χ1) is 16.1. The van der Waals surface area contributed by atoms with Crippen LogP contribution in [0.4, 0.5) is 0 Å². The lowest BCUT2D eigenvalue weighted by atomic mass is 9.87. The lowest BCUT2D eigenvalue weighted by molar-refractivity contribution is 0.122. The van der Waals surface area contributed by atoms with Crippen molar-refractivity contribution in [2.75, 3.05) is 13.1 Å². The highest BCUT2D eigenvalue weighted by atomic mass is 32.2. The molecule has 0 aliphatic carbocycles. The van der Waals surface area contributed by atoms with Crippen molar-refractivity contribution < 1.29 is 21.9 Å². The largest absolute Gasteiger partial charge is 0.391 e. The molecule has 0 saturated heterocycles. The first kappa shape index (κ1) is 28.8. The summed E-state index contributed by atoms with van der Waals surface area (Å²) in [6.45, 7) is 11.0. The van der Waals surface area contributed by atoms with E-state index in [1.165, 1.54) is 37.3 Å². The first-order valence-electron chi connectivity index (χ1n) is 11.3. The van der Waals surface area contributed by atoms with E-state index >= 15 is 0 Å². The van der Waals surface area contributed by atoms with Gasteiger partial charge < -0.3 is 5.11 Å². The molecule has 0 radical (unpaired) electrons. The van der Waals surface area contributed by atoms with Crippen molar-refractivity contribution in [1.29, 1.82) is 0 Å². The van der Waals surface area contributed by atoms with E-state index in [1.54, 1.807) is 12.1 Å². The molecule has 0 spiro atoms. The zero-order chi connectivity index (χ0) is 26.6. The maximum Gasteiger partial charge on any atom is 0.243 e. The zero-order valence-corrected chi connectivity index (χ0v) is 22.6. The van der Waals surface area contributed by atoms with Gasteiger partial charge in [0, 0.05) is 18.0 Å². The van der Waals surface area contributed by atoms with E-state index in [0.29, 0.717) is 0 Å². The van der Waals surface area contributed by atoms with Gasteiger partial charge >= 0.3 is 0 Å². The Balaban J connectivity index is 2.47. The van der Waals surface area contributed by atoms with Crippen LogP contribution in [0.3, 0.4) is 0 Å². The molecule has 2 aromatic rings. The first-order valence-corrected chi connectivity index (χ1v) is 14.2. The number of azide groups is 1. The van der Waals surface area contributed by atoms with Gasteiger partial charge in [-0.2, -0.15) is 4.31 Å². The molecular formula is C24H34N4O5S2. The minimum Gasteiger partial charge on any atom is -0.391 e. The standard InChI is InChI=1S/C24H34N4O5S2/c1-17(2)15-28(16-23(29)18(3)26-27-25)35(32,33)22-9-7-8-21(14-22)34(30,31)20-12-10-19(11-13-20)24(4,5)6/h7-14,17-18,23,29H,15-16H2,1-6H3/t18-,23?/m0/s1. The second-order valence-electron chi connectivity index (χ2n) is 9.98. The fourth-order valence-corrected chi connectivity index (χ4v) is 6.47. The van der Waals surface area contributed by atoms with E-state index < -0.39 is 32.0 Å². The molecule has 0 fully saturated rings. The minimum absolute atomic E-state index is 0.0673. The lowest BCUT2D eigenvalue weighted by Crippen LogP contribution is -2.42. The topological polar surface area (TPSA) is 141 Å². The van der Waals surface area contributed by atoms with E-state index in [0.717, 1.165) is 15.9 Å². The van der Waals surface area contributed by atoms with Gasteiger partial charge in [0.05, 0.1) is 26.8 Å². The Morgan fingerprint density at radius 2 is 1.51 bits per heavy atom. The number of sulfone groups is 1. The van der Waals surface area contributed by atoms with Crippen LogP contribution < -0.4 is 0 Å². The van der Waals surface area contributed by atoms with Crippen LogP contribution in [0.5, 0.6) is 0 Å². The zero-order valence-electron chi connectivity index (χ0n) is 21.0. The van der Waals surface area contributed by atoms with Crippen LogP contribution in [0.25, 0.3) is 10.4 Å². The Kier molecular flexibility index (Phi) is 9.13. The maximum atomic E-state index is 13.5. The number of rotatable bonds is 10. The second-order valence-corrected chi connectivity index (χ2v) is 13.9. The third kappa shape index (κ3) is 7.05. The number of hydrogen-bond donors (Lipinski definition) is 1. The molecule has 0 aromatic heterocycles. The van der Waals surface area contributed by atoms with Crippen LogP contribution in [-0.4, -0.2) is 51.5 Å². The summed E-state index contributed by atoms with van der Waals surface area (Å²) in [4.78, 5) is 2.39. The second kappa shape index (κ2) is 11.1. The highest BCUT2D eigenvalue weighted by molar-refractivity contribution is 7.91. The number of aliphatic hydroxyl groups is 1. The fourth-order valence-electron chi connectivity index (χ4n) is 3.42. The predicted molar refractivity (Wildman–Crippen MR) is 135 cm³/mol. The summed E-state index contributed by atoms with van der Waals surface area (Å²) in [6, 6.07) is 10.9. The van der Waals surface area contributed by atoms with Gasteiger partial charge in [-0.1, -0.05) is 64.9 Å². The Bertz CT molecular complexity index is 1280. The average molecular weight is 523 g/mol. The molecule has 0 amide bonds. The SMILES string of the molecule is CC(C)CN(CC(O)[C@H](C)N=[N+]=[N-])S(=O)(=O)c1cccc(S(=O)(=O)c2ccc(C(C)(C)C)cc2)c1. The molecule has 9 nitrogen and oxygen atoms in total. The quantitative estimate of drug-likeness (QED) is 0.277. The van der Waals surface area contributed by atoms with Crippen LogP contribution >= 0.6 is 0 Å². The summed E-state index contributed by atoms with van der Waals surface area (Å²) in [7, 11) is -8.12. The summed E-state index contributed by atoms with van der Waals surface area (Å²) in [6.07, 6.45) is -1.23. The Hall–Kier alpha value is -2.43. The molecular weight excluding hydrogens is 488 g/mol. The molecule has 35 heavy (non-hydrogen) atoms. The molecule has 0 aliphatic rings. The smallest absolute Gasteiger partial charge is 0.243 e. The van der Waals surface area contributed by atoms with Crippen LogP contribution in [-0.2, 0) is 25.3 Å². The van der Waals surface area contributed by atoms with E-state index in [-0.39, 0.29) is 39.1 Å². The molecule has 11 heteroatoms. The van der Waals surface area contributed by atoms with Gasteiger partial charge in [0.15, 0.2) is 0 Å². The van der Waals surface area contributed by atoms with Gasteiger partial charge in [-0.25, -0.2) is 16.8 Å². The Morgan fingerprint density at radius 1 is 0.943 bits per heavy atom. The van der Waals surface area contributed by atoms with E-state index in [2.05, 4.69) is 10.0 Å². The van der Waals surface area contributed by atoms with Gasteiger partial charge in [0.2, 0.25) is 19.9 Å². The van der Waals surface area contributed by atoms with Gasteiger partial charge in [-0.05, 0) is 52.8 Å². The summed E-state index contributed by atoms with van der Waals surface area (Å²) in [5.74, 6) is -0.0694. The molecule has 192 valence electrons. The van der Waals surface area contributed by atoms with Gasteiger partial charge in [0.25, 0.3) is 0 Å². The number of aliphatic hydroxyl groups excluding tert-OH is 1. The highest BCUT2D eigenvalue weighted by Crippen LogP contribution is 2.28. The third-order valence-electron chi connectivity index (χ3n) is 5.53. The Morgan fingerprint density at radius 3 is 2.03 bits per heavy atom. The molecule has 1 N–H and O–H groups in total. The van der Waals surface area contributed by atoms with Crippen molar-refractivity contribution in [3.8, 4) is 0 Å². The van der Waals surface area contributed by atoms with Crippen molar-refractivity contribution in [2.24, 2.45) is 11.0 Å². The normalized spacial score (nSPS) is 14.5. The van der Waals surface area contributed by atoms with Gasteiger partial charge in [0.1, 0.15) is 0 Å². The van der Waals surface area contributed by atoms with Crippen LogP contribution in [0, 0.1) is 5.92 Å². The maximum absolute atomic E-state index is 13.5. The van der Waals surface area contributed by atoms with Crippen LogP contribution in [0.15, 0.2) is 68.3 Å². The monoisotopic (exact) mass is 522 g/mol. The summed E-state index contributed by atoms with van der Waals surface area (Å²) in [5, 5.41) is 13.8. The van der Waals surface area contributed by atoms with Crippen molar-refractivity contribution in [3.05, 3.63) is 64.5 Å². The van der Waals surface area contributed by atoms with Crippen molar-refractivity contribution in [2.45, 2.75) is 73.8 Å². The number of benzene rings is 2. The lowest BCUT2D eigenvalue weighted by Gasteiger charge is -2.27. The van der Waals surface area contributed by atoms with Crippen molar-refractivity contribution >= 4 is 19.9 Å². The van der Waals surface area contributed by atoms with Gasteiger partial charge in [-0.15, -0.1) is 0 Å². The molecule has 2 rings (SSSR count). The van der Waals surface area contributed by atoms with Crippen molar-refractivity contribution in [1.82, 2.24) is 4.31 Å². The Labute approximate surface area is 208 Å². The molecule has 0 saturated carbocycles. The number of nitrogens with zero attached hydrogens (tertiary/aromatic N) is 4. The van der Waals surface area contributed by atoms with Crippen LogP contribution in [0.2, 0.25) is 0 Å². The number of hydrogen-bond acceptors (Lipinski definition) is 6. The molecule has 1 unspecified atom stereocenters. The average Bonchev–Trinajstić information content (AvgIpc) is 2.78. The van der Waals surface area contributed by atoms with Gasteiger partial charge in [-0.3, -0.25) is 0 Å². The van der Waals surface area contributed by atoms with Crippen LogP contribution in [0.1, 0.15) is 47.1 Å². The molecule has 0 heterocycles. The number of sulfonamides is 1. The predicted octanol–water partition coefficient (Wildman–Crippen LogP) is 4.52. The fraction of sp³-hybridized carbons (Fsp3) is 0.500. The minimum atomic E-state index is -4.16. The summed E-state index contributed by atoms with van der Waals surface area (Å²) in [5.41, 5.74) is 9.45. The molecule has 0 aliphatic heterocycles. The molecule has 0 bridgehead atoms. The highest BCUT2D eigenvalue weighted by Gasteiger charge is 2.30. The van der Waals surface area contributed by atoms with E-state index in [9.17, 15) is 21.9 Å². The third-order valence-corrected chi connectivity index (χ3v) is 9.13. The summed E-state index contributed by atoms with van der Waals surface area (Å²) >= 11 is 0. The van der Waals surface area contributed by atoms with E-state index in [4.69, 9.17) is 5.53 Å². The molecule has 2 aromatic carbocycles. The summed E-state index contributed by atoms with van der Waals surface area (Å²) < 4.78 is 54.6.